The first-order valence-corrected chi connectivity index (χ1v) is 4.68. The van der Waals surface area contributed by atoms with E-state index < -0.39 is 0 Å². The molecule has 0 amide bonds. The van der Waals surface area contributed by atoms with Crippen molar-refractivity contribution < 1.29 is 4.79 Å². The number of hydrogen-bond acceptors (Lipinski definition) is 2. The number of carbonyl (C=O) groups excluding carboxylic acids is 1. The van der Waals surface area contributed by atoms with Crippen LogP contribution in [0.3, 0.4) is 0 Å². The Morgan fingerprint density at radius 1 is 1.31 bits per heavy atom. The Kier molecular flexibility index (Phi) is 2.00. The second-order valence-corrected chi connectivity index (χ2v) is 3.67. The zero-order chi connectivity index (χ0) is 9.42. The number of Topliss-reactive ketones (excluding diaryl/α,β-unsaturated/α-hetero) is 1. The van der Waals surface area contributed by atoms with Gasteiger partial charge in [-0.2, -0.15) is 0 Å². The lowest BCUT2D eigenvalue weighted by Gasteiger charge is -2.17. The minimum absolute atomic E-state index is 0.126. The maximum Gasteiger partial charge on any atom is 0.165 e. The van der Waals surface area contributed by atoms with Gasteiger partial charge in [-0.15, -0.1) is 0 Å². The van der Waals surface area contributed by atoms with Gasteiger partial charge in [0.25, 0.3) is 0 Å². The molecule has 68 valence electrons. The molecule has 0 atom stereocenters. The van der Waals surface area contributed by atoms with Crippen LogP contribution in [0.4, 0.5) is 5.69 Å². The van der Waals surface area contributed by atoms with Gasteiger partial charge in [0.2, 0.25) is 0 Å². The summed E-state index contributed by atoms with van der Waals surface area (Å²) in [5, 5.41) is 0.664. The topological polar surface area (TPSA) is 43.1 Å². The van der Waals surface area contributed by atoms with Gasteiger partial charge in [-0.1, -0.05) is 11.6 Å². The maximum absolute atomic E-state index is 11.5. The second kappa shape index (κ2) is 3.04. The Morgan fingerprint density at radius 3 is 2.77 bits per heavy atom. The molecule has 2 nitrogen and oxygen atoms in total. The van der Waals surface area contributed by atoms with Crippen LogP contribution in [0.15, 0.2) is 12.1 Å². The van der Waals surface area contributed by atoms with Crippen molar-refractivity contribution in [2.75, 3.05) is 5.73 Å². The van der Waals surface area contributed by atoms with Crippen LogP contribution in [0.5, 0.6) is 0 Å². The van der Waals surface area contributed by atoms with Crippen LogP contribution in [-0.2, 0) is 6.42 Å². The van der Waals surface area contributed by atoms with Crippen LogP contribution in [0, 0.1) is 0 Å². The Bertz CT molecular complexity index is 373. The summed E-state index contributed by atoms with van der Waals surface area (Å²) in [7, 11) is 0. The summed E-state index contributed by atoms with van der Waals surface area (Å²) in [4.78, 5) is 11.5. The summed E-state index contributed by atoms with van der Waals surface area (Å²) >= 11 is 5.97. The molecule has 0 saturated carbocycles. The van der Waals surface area contributed by atoms with E-state index in [4.69, 9.17) is 17.3 Å². The number of hydrogen-bond donors (Lipinski definition) is 1. The van der Waals surface area contributed by atoms with E-state index in [0.717, 1.165) is 18.4 Å². The summed E-state index contributed by atoms with van der Waals surface area (Å²) in [6, 6.07) is 3.46. The minimum Gasteiger partial charge on any atom is -0.398 e. The van der Waals surface area contributed by atoms with Crippen LogP contribution in [-0.4, -0.2) is 5.78 Å². The summed E-state index contributed by atoms with van der Waals surface area (Å²) < 4.78 is 0. The van der Waals surface area contributed by atoms with Gasteiger partial charge >= 0.3 is 0 Å². The van der Waals surface area contributed by atoms with Crippen molar-refractivity contribution in [3.8, 4) is 0 Å². The number of halogens is 1. The average Bonchev–Trinajstić information content (AvgIpc) is 2.12. The molecule has 0 spiro atoms. The molecular weight excluding hydrogens is 186 g/mol. The lowest BCUT2D eigenvalue weighted by atomic mass is 9.89. The van der Waals surface area contributed by atoms with Gasteiger partial charge in [-0.25, -0.2) is 0 Å². The van der Waals surface area contributed by atoms with Gasteiger partial charge in [0.15, 0.2) is 5.78 Å². The van der Waals surface area contributed by atoms with Crippen molar-refractivity contribution in [3.63, 3.8) is 0 Å². The van der Waals surface area contributed by atoms with Gasteiger partial charge in [0.1, 0.15) is 0 Å². The van der Waals surface area contributed by atoms with Crippen molar-refractivity contribution >= 4 is 23.1 Å². The quantitative estimate of drug-likeness (QED) is 0.647. The number of rotatable bonds is 0. The molecule has 1 aliphatic carbocycles. The van der Waals surface area contributed by atoms with Gasteiger partial charge in [-0.05, 0) is 30.5 Å². The van der Waals surface area contributed by atoms with Gasteiger partial charge in [0, 0.05) is 22.7 Å². The summed E-state index contributed by atoms with van der Waals surface area (Å²) in [5.41, 5.74) is 7.86. The van der Waals surface area contributed by atoms with Crippen LogP contribution in [0.1, 0.15) is 28.8 Å². The Hall–Kier alpha value is -1.02. The van der Waals surface area contributed by atoms with Crippen LogP contribution < -0.4 is 5.73 Å². The molecule has 2 N–H and O–H groups in total. The fourth-order valence-corrected chi connectivity index (χ4v) is 2.02. The van der Waals surface area contributed by atoms with E-state index in [0.29, 0.717) is 22.7 Å². The van der Waals surface area contributed by atoms with E-state index in [-0.39, 0.29) is 5.78 Å². The van der Waals surface area contributed by atoms with Crippen molar-refractivity contribution in [2.45, 2.75) is 19.3 Å². The van der Waals surface area contributed by atoms with Crippen molar-refractivity contribution in [2.24, 2.45) is 0 Å². The highest BCUT2D eigenvalue weighted by Crippen LogP contribution is 2.31. The first-order valence-electron chi connectivity index (χ1n) is 4.30. The van der Waals surface area contributed by atoms with E-state index in [2.05, 4.69) is 0 Å². The largest absolute Gasteiger partial charge is 0.398 e. The first-order chi connectivity index (χ1) is 6.20. The number of ketones is 1. The number of nitrogens with two attached hydrogens (primary N) is 1. The molecule has 0 fully saturated rings. The molecule has 2 rings (SSSR count). The number of anilines is 1. The maximum atomic E-state index is 11.5. The molecule has 0 unspecified atom stereocenters. The smallest absolute Gasteiger partial charge is 0.165 e. The average molecular weight is 196 g/mol. The lowest BCUT2D eigenvalue weighted by molar-refractivity contribution is 0.0973. The predicted molar refractivity (Wildman–Crippen MR) is 53.1 cm³/mol. The monoisotopic (exact) mass is 195 g/mol. The van der Waals surface area contributed by atoms with Gasteiger partial charge < -0.3 is 5.73 Å². The fraction of sp³-hybridized carbons (Fsp3) is 0.300. The molecule has 1 aliphatic rings. The van der Waals surface area contributed by atoms with Crippen molar-refractivity contribution in [1.29, 1.82) is 0 Å². The zero-order valence-corrected chi connectivity index (χ0v) is 7.90. The standard InChI is InChI=1S/C10H10ClNO/c11-7-4-5-8(12)10-6(7)2-1-3-9(10)13/h4-5H,1-3,12H2. The molecular formula is C10H10ClNO. The molecule has 0 aromatic heterocycles. The van der Waals surface area contributed by atoms with Crippen LogP contribution in [0.25, 0.3) is 0 Å². The first kappa shape index (κ1) is 8.57. The molecule has 0 saturated heterocycles. The zero-order valence-electron chi connectivity index (χ0n) is 7.14. The third kappa shape index (κ3) is 1.31. The number of carbonyl (C=O) groups is 1. The number of nitrogen functional groups attached to an aromatic ring is 1. The van der Waals surface area contributed by atoms with Crippen molar-refractivity contribution in [1.82, 2.24) is 0 Å². The second-order valence-electron chi connectivity index (χ2n) is 3.27. The SMILES string of the molecule is Nc1ccc(Cl)c2c1C(=O)CCC2. The predicted octanol–water partition coefficient (Wildman–Crippen LogP) is 2.44. The van der Waals surface area contributed by atoms with E-state index in [1.165, 1.54) is 0 Å². The third-order valence-corrected chi connectivity index (χ3v) is 2.75. The van der Waals surface area contributed by atoms with E-state index >= 15 is 0 Å². The molecule has 13 heavy (non-hydrogen) atoms. The molecule has 0 aliphatic heterocycles. The van der Waals surface area contributed by atoms with E-state index in [1.807, 2.05) is 0 Å². The third-order valence-electron chi connectivity index (χ3n) is 2.40. The number of benzene rings is 1. The Balaban J connectivity index is 2.67. The summed E-state index contributed by atoms with van der Waals surface area (Å²) in [5.74, 6) is 0.126. The molecule has 0 radical (unpaired) electrons. The highest BCUT2D eigenvalue weighted by atomic mass is 35.5. The van der Waals surface area contributed by atoms with E-state index in [9.17, 15) is 4.79 Å². The van der Waals surface area contributed by atoms with Gasteiger partial charge in [-0.3, -0.25) is 4.79 Å². The fourth-order valence-electron chi connectivity index (χ4n) is 1.76. The molecule has 0 bridgehead atoms. The lowest BCUT2D eigenvalue weighted by Crippen LogP contribution is -2.13. The van der Waals surface area contributed by atoms with E-state index in [1.54, 1.807) is 12.1 Å². The number of fused-ring (bicyclic) bond motifs is 1. The van der Waals surface area contributed by atoms with Crippen LogP contribution in [0.2, 0.25) is 5.02 Å². The normalized spacial score (nSPS) is 15.6. The summed E-state index contributed by atoms with van der Waals surface area (Å²) in [6.45, 7) is 0. The van der Waals surface area contributed by atoms with Gasteiger partial charge in [0.05, 0.1) is 0 Å². The molecule has 1 aromatic rings. The van der Waals surface area contributed by atoms with Crippen molar-refractivity contribution in [3.05, 3.63) is 28.3 Å². The van der Waals surface area contributed by atoms with Crippen LogP contribution >= 0.6 is 11.6 Å². The molecule has 0 heterocycles. The highest BCUT2D eigenvalue weighted by molar-refractivity contribution is 6.32. The summed E-state index contributed by atoms with van der Waals surface area (Å²) in [6.07, 6.45) is 2.34. The molecule has 3 heteroatoms. The minimum atomic E-state index is 0.126. The Morgan fingerprint density at radius 2 is 2.08 bits per heavy atom. The molecule has 1 aromatic carbocycles. The highest BCUT2D eigenvalue weighted by Gasteiger charge is 2.21. The Labute approximate surface area is 81.7 Å².